The van der Waals surface area contributed by atoms with Crippen LogP contribution in [0.1, 0.15) is 169 Å². The Morgan fingerprint density at radius 1 is 0.551 bits per heavy atom. The summed E-state index contributed by atoms with van der Waals surface area (Å²) in [6, 6.07) is 0. The number of hydrogen-bond donors (Lipinski definition) is 8. The van der Waals surface area contributed by atoms with E-state index >= 15 is 0 Å². The van der Waals surface area contributed by atoms with E-state index < -0.39 is 12.2 Å². The number of alkyl halides is 4. The molecule has 1 saturated heterocycles. The van der Waals surface area contributed by atoms with Crippen molar-refractivity contribution in [2.45, 2.75) is 188 Å². The third kappa shape index (κ3) is 58.3. The highest BCUT2D eigenvalue weighted by atomic mass is 32.2. The lowest BCUT2D eigenvalue weighted by atomic mass is 9.71. The molecule has 78 heavy (non-hydrogen) atoms. The van der Waals surface area contributed by atoms with Gasteiger partial charge in [-0.15, -0.1) is 23.5 Å². The molecule has 1 fully saturated rings. The number of nitrogens with zero attached hydrogens (tertiary/aromatic N) is 1. The van der Waals surface area contributed by atoms with Crippen LogP contribution < -0.4 is 37.2 Å². The predicted molar refractivity (Wildman–Crippen MR) is 337 cm³/mol. The maximum atomic E-state index is 11.8. The van der Waals surface area contributed by atoms with E-state index in [1.807, 2.05) is 153 Å². The Hall–Kier alpha value is -3.85. The Kier molecular flexibility index (Phi) is 82.5. The van der Waals surface area contributed by atoms with E-state index in [0.717, 1.165) is 65.5 Å². The van der Waals surface area contributed by atoms with Gasteiger partial charge in [-0.25, -0.2) is 0 Å². The monoisotopic (exact) mass is 1160 g/mol. The summed E-state index contributed by atoms with van der Waals surface area (Å²) in [6.07, 6.45) is 27.2. The second-order valence-electron chi connectivity index (χ2n) is 14.4. The molecule has 0 radical (unpaired) electrons. The number of piperidine rings is 1. The van der Waals surface area contributed by atoms with Crippen LogP contribution >= 0.6 is 23.5 Å². The van der Waals surface area contributed by atoms with Crippen LogP contribution in [0.3, 0.4) is 0 Å². The van der Waals surface area contributed by atoms with Crippen molar-refractivity contribution in [3.05, 3.63) is 97.2 Å². The number of halogens is 4. The zero-order valence-electron chi connectivity index (χ0n) is 52.0. The SMILES string of the molecule is C1=CCNCC1.C1=CNCCC1.C1=CNCCCC1.C1=COCCN1.C1=CSCCN1.CB(O)N1CCC2(C=CNCC2)CC1.CC.CC.CC.CC.CC.CC.CC.CC.FC1(F)OC=COC1(F)F.O=C1CSC=CN1. The highest BCUT2D eigenvalue weighted by Crippen LogP contribution is 2.39. The van der Waals surface area contributed by atoms with Gasteiger partial charge in [0.15, 0.2) is 0 Å². The summed E-state index contributed by atoms with van der Waals surface area (Å²) in [5.41, 5.74) is 0.427. The Labute approximate surface area is 485 Å². The van der Waals surface area contributed by atoms with Crippen molar-refractivity contribution in [2.75, 3.05) is 77.0 Å². The molecular formula is C58H117BF4N8O5S2. The van der Waals surface area contributed by atoms with Crippen LogP contribution in [-0.4, -0.2) is 112 Å². The molecule has 0 unspecified atom stereocenters. The van der Waals surface area contributed by atoms with E-state index in [-0.39, 0.29) is 13.0 Å². The Morgan fingerprint density at radius 3 is 1.35 bits per heavy atom. The van der Waals surface area contributed by atoms with Gasteiger partial charge in [-0.05, 0) is 119 Å². The minimum absolute atomic E-state index is 0.0903. The molecule has 9 aliphatic heterocycles. The molecule has 9 rings (SSSR count). The molecule has 0 aromatic carbocycles. The van der Waals surface area contributed by atoms with Crippen LogP contribution in [0.15, 0.2) is 97.2 Å². The summed E-state index contributed by atoms with van der Waals surface area (Å²) in [7, 11) is -0.280. The summed E-state index contributed by atoms with van der Waals surface area (Å²) in [5.74, 6) is 1.88. The van der Waals surface area contributed by atoms with Crippen LogP contribution in [0.4, 0.5) is 17.6 Å². The maximum Gasteiger partial charge on any atom is 0.507 e. The first-order chi connectivity index (χ1) is 38.1. The van der Waals surface area contributed by atoms with Gasteiger partial charge in [-0.1, -0.05) is 141 Å². The van der Waals surface area contributed by atoms with Gasteiger partial charge in [-0.3, -0.25) is 4.79 Å². The first kappa shape index (κ1) is 88.0. The fraction of sp³-hybridized carbons (Fsp3) is 0.707. The molecule has 13 nitrogen and oxygen atoms in total. The molecule has 1 spiro atoms. The minimum Gasteiger partial charge on any atom is -0.498 e. The summed E-state index contributed by atoms with van der Waals surface area (Å²) in [5, 5.41) is 34.7. The van der Waals surface area contributed by atoms with Gasteiger partial charge in [0.05, 0.1) is 12.0 Å². The lowest BCUT2D eigenvalue weighted by Crippen LogP contribution is -2.47. The Morgan fingerprint density at radius 2 is 1.08 bits per heavy atom. The molecule has 0 bridgehead atoms. The van der Waals surface area contributed by atoms with Gasteiger partial charge in [0, 0.05) is 63.6 Å². The van der Waals surface area contributed by atoms with Crippen LogP contribution in [0.2, 0.25) is 6.82 Å². The van der Waals surface area contributed by atoms with Crippen molar-refractivity contribution in [2.24, 2.45) is 5.41 Å². The van der Waals surface area contributed by atoms with Crippen LogP contribution in [-0.2, 0) is 19.0 Å². The first-order valence-corrected chi connectivity index (χ1v) is 31.4. The number of nitrogens with one attached hydrogen (secondary N) is 7. The van der Waals surface area contributed by atoms with Gasteiger partial charge in [0.1, 0.15) is 19.1 Å². The summed E-state index contributed by atoms with van der Waals surface area (Å²) in [6.45, 7) is 44.4. The number of amides is 1. The van der Waals surface area contributed by atoms with Gasteiger partial charge in [0.2, 0.25) is 5.91 Å². The molecule has 0 aromatic heterocycles. The second kappa shape index (κ2) is 73.2. The highest BCUT2D eigenvalue weighted by Gasteiger charge is 2.63. The average molecular weight is 1160 g/mol. The third-order valence-corrected chi connectivity index (χ3v) is 10.9. The number of carbonyl (C=O) groups is 1. The van der Waals surface area contributed by atoms with E-state index in [1.54, 1.807) is 18.7 Å². The molecule has 9 aliphatic rings. The van der Waals surface area contributed by atoms with Gasteiger partial charge >= 0.3 is 19.3 Å². The van der Waals surface area contributed by atoms with Gasteiger partial charge < -0.3 is 61.3 Å². The number of allylic oxidation sites excluding steroid dienone is 3. The Bertz CT molecular complexity index is 1300. The normalized spacial score (nSPS) is 18.5. The highest BCUT2D eigenvalue weighted by molar-refractivity contribution is 8.02. The Balaban J connectivity index is -0.000000144. The number of carbonyl (C=O) groups excluding carboxylic acids is 1. The fourth-order valence-corrected chi connectivity index (χ4v) is 6.86. The molecule has 8 N–H and O–H groups in total. The quantitative estimate of drug-likeness (QED) is 0.0714. The molecule has 9 heterocycles. The van der Waals surface area contributed by atoms with E-state index in [2.05, 4.69) is 93.5 Å². The van der Waals surface area contributed by atoms with Crippen molar-refractivity contribution in [1.82, 2.24) is 42.0 Å². The summed E-state index contributed by atoms with van der Waals surface area (Å²) in [4.78, 5) is 12.4. The number of rotatable bonds is 1. The van der Waals surface area contributed by atoms with Crippen molar-refractivity contribution in [3.8, 4) is 0 Å². The largest absolute Gasteiger partial charge is 0.507 e. The molecule has 0 atom stereocenters. The number of thioether (sulfide) groups is 2. The van der Waals surface area contributed by atoms with Crippen molar-refractivity contribution < 1.29 is 41.6 Å². The fourth-order valence-electron chi connectivity index (χ4n) is 5.80. The van der Waals surface area contributed by atoms with Crippen LogP contribution in [0, 0.1) is 5.41 Å². The average Bonchev–Trinajstić information content (AvgIpc) is 3.87. The van der Waals surface area contributed by atoms with E-state index in [0.29, 0.717) is 23.7 Å². The molecule has 0 aromatic rings. The topological polar surface area (TPSA) is 152 Å². The second-order valence-corrected chi connectivity index (χ2v) is 16.3. The van der Waals surface area contributed by atoms with Crippen LogP contribution in [0.25, 0.3) is 0 Å². The first-order valence-electron chi connectivity index (χ1n) is 29.3. The molecule has 1 amide bonds. The van der Waals surface area contributed by atoms with Gasteiger partial charge in [0.25, 0.3) is 0 Å². The maximum absolute atomic E-state index is 11.8. The van der Waals surface area contributed by atoms with Crippen molar-refractivity contribution in [3.63, 3.8) is 0 Å². The van der Waals surface area contributed by atoms with Crippen LogP contribution in [0.5, 0.6) is 0 Å². The molecule has 462 valence electrons. The third-order valence-electron chi connectivity index (χ3n) is 9.41. The predicted octanol–water partition coefficient (Wildman–Crippen LogP) is 14.5. The smallest absolute Gasteiger partial charge is 0.498 e. The lowest BCUT2D eigenvalue weighted by molar-refractivity contribution is -0.417. The summed E-state index contributed by atoms with van der Waals surface area (Å²) >= 11 is 3.36. The van der Waals surface area contributed by atoms with E-state index in [9.17, 15) is 27.4 Å². The lowest BCUT2D eigenvalue weighted by Gasteiger charge is -2.42. The number of hydrogen-bond acceptors (Lipinski definition) is 14. The van der Waals surface area contributed by atoms with E-state index in [1.165, 1.54) is 75.3 Å². The summed E-state index contributed by atoms with van der Waals surface area (Å²) < 4.78 is 58.7. The number of ether oxygens (including phenoxy) is 3. The van der Waals surface area contributed by atoms with E-state index in [4.69, 9.17) is 4.74 Å². The molecule has 0 aliphatic carbocycles. The molecular weight excluding hydrogens is 1040 g/mol. The van der Waals surface area contributed by atoms with Crippen molar-refractivity contribution >= 4 is 36.5 Å². The van der Waals surface area contributed by atoms with Crippen molar-refractivity contribution in [1.29, 1.82) is 0 Å². The standard InChI is InChI=1S/C10H19BN2O.C6H11N.2C5H9N.C4H2F4O2.C4H5NOS.C4H7NO.C4H7NS.8C2H6/c1-11(14)13-8-4-10(5-9-13)2-6-12-7-3-10;1-2-4-6-7-5-3-1;2*1-2-4-6-5-3-1;5-3(6)4(7,8)10-2-1-9-3;6-4-3-7-2-1-5-4;2*1-3-6-4-2-5-1;8*1-2/h2,6,12,14H,3-5,7-9H2,1H3;3,5,7H,1-2,4,6H2;2,4,6H,1,3,5H2;1-2,6H,3-5H2;1-2H;1-2H,3H2,(H,5,6);2*1,3,5H,2,4H2;8*1-2H3. The minimum atomic E-state index is -4.57. The molecule has 20 heteroatoms. The van der Waals surface area contributed by atoms with Gasteiger partial charge in [-0.2, -0.15) is 17.6 Å². The zero-order valence-corrected chi connectivity index (χ0v) is 53.7. The zero-order chi connectivity index (χ0) is 60.9. The molecule has 0 saturated carbocycles.